The van der Waals surface area contributed by atoms with Crippen LogP contribution in [0.4, 0.5) is 0 Å². The molecule has 0 aliphatic rings. The van der Waals surface area contributed by atoms with Gasteiger partial charge >= 0.3 is 0 Å². The summed E-state index contributed by atoms with van der Waals surface area (Å²) in [5.41, 5.74) is 7.29. The molecule has 0 heterocycles. The zero-order valence-electron chi connectivity index (χ0n) is 15.5. The molecule has 0 saturated heterocycles. The Kier molecular flexibility index (Phi) is 4.15. The first kappa shape index (κ1) is 16.6. The summed E-state index contributed by atoms with van der Waals surface area (Å²) in [6.45, 7) is 6.88. The third kappa shape index (κ3) is 3.05. The van der Waals surface area contributed by atoms with Gasteiger partial charge in [0, 0.05) is 5.56 Å². The molecule has 126 valence electrons. The molecule has 1 heteroatoms. The van der Waals surface area contributed by atoms with E-state index in [-0.39, 0.29) is 0 Å². The molecule has 0 atom stereocenters. The van der Waals surface area contributed by atoms with Gasteiger partial charge in [-0.3, -0.25) is 0 Å². The van der Waals surface area contributed by atoms with Gasteiger partial charge in [-0.05, 0) is 32.7 Å². The molecule has 4 aromatic rings. The highest BCUT2D eigenvalue weighted by Crippen LogP contribution is 2.38. The summed E-state index contributed by atoms with van der Waals surface area (Å²) in [6, 6.07) is 28.0. The standard InChI is InChI=1S/C25H22Si/c1-26(2,3)18-17-22-20-13-7-9-15-23(20)25(19-11-5-4-6-12-19)24-16-10-8-14-21(22)24/h4-16H,1-3H3. The Hall–Kier alpha value is -2.82. The van der Waals surface area contributed by atoms with Crippen LogP contribution >= 0.6 is 0 Å². The quantitative estimate of drug-likeness (QED) is 0.199. The van der Waals surface area contributed by atoms with Gasteiger partial charge in [-0.25, -0.2) is 0 Å². The maximum absolute atomic E-state index is 3.57. The van der Waals surface area contributed by atoms with Crippen LogP contribution in [0.25, 0.3) is 32.7 Å². The van der Waals surface area contributed by atoms with E-state index in [0.717, 1.165) is 0 Å². The second-order valence-corrected chi connectivity index (χ2v) is 12.5. The van der Waals surface area contributed by atoms with Gasteiger partial charge in [-0.15, -0.1) is 5.54 Å². The first-order valence-corrected chi connectivity index (χ1v) is 12.6. The summed E-state index contributed by atoms with van der Waals surface area (Å²) in [7, 11) is -1.45. The molecule has 26 heavy (non-hydrogen) atoms. The highest BCUT2D eigenvalue weighted by Gasteiger charge is 2.14. The fourth-order valence-electron chi connectivity index (χ4n) is 3.43. The second kappa shape index (κ2) is 6.48. The van der Waals surface area contributed by atoms with Crippen LogP contribution in [0.15, 0.2) is 78.9 Å². The lowest BCUT2D eigenvalue weighted by Crippen LogP contribution is -2.16. The van der Waals surface area contributed by atoms with Gasteiger partial charge in [0.1, 0.15) is 8.07 Å². The Bertz CT molecular complexity index is 1100. The van der Waals surface area contributed by atoms with Crippen LogP contribution in [-0.2, 0) is 0 Å². The molecule has 0 spiro atoms. The van der Waals surface area contributed by atoms with Gasteiger partial charge in [0.15, 0.2) is 0 Å². The lowest BCUT2D eigenvalue weighted by Gasteiger charge is -2.15. The summed E-state index contributed by atoms with van der Waals surface area (Å²) < 4.78 is 0. The number of benzene rings is 4. The third-order valence-electron chi connectivity index (χ3n) is 4.56. The van der Waals surface area contributed by atoms with E-state index in [0.29, 0.717) is 0 Å². The van der Waals surface area contributed by atoms with Crippen LogP contribution < -0.4 is 0 Å². The molecule has 0 aliphatic heterocycles. The topological polar surface area (TPSA) is 0 Å². The lowest BCUT2D eigenvalue weighted by molar-refractivity contribution is 1.66. The first-order valence-electron chi connectivity index (χ1n) is 9.07. The van der Waals surface area contributed by atoms with Crippen molar-refractivity contribution < 1.29 is 0 Å². The molecule has 0 amide bonds. The molecule has 4 rings (SSSR count). The van der Waals surface area contributed by atoms with E-state index < -0.39 is 8.07 Å². The molecule has 0 bridgehead atoms. The first-order chi connectivity index (χ1) is 12.5. The van der Waals surface area contributed by atoms with Crippen molar-refractivity contribution in [2.45, 2.75) is 19.6 Å². The van der Waals surface area contributed by atoms with Gasteiger partial charge < -0.3 is 0 Å². The molecular weight excluding hydrogens is 328 g/mol. The Labute approximate surface area is 156 Å². The summed E-state index contributed by atoms with van der Waals surface area (Å²) in [5.74, 6) is 3.56. The molecule has 0 unspecified atom stereocenters. The zero-order chi connectivity index (χ0) is 18.1. The highest BCUT2D eigenvalue weighted by atomic mass is 28.3. The minimum Gasteiger partial charge on any atom is -0.127 e. The van der Waals surface area contributed by atoms with Crippen LogP contribution in [-0.4, -0.2) is 8.07 Å². The summed E-state index contributed by atoms with van der Waals surface area (Å²) in [5, 5.41) is 5.04. The van der Waals surface area contributed by atoms with E-state index in [9.17, 15) is 0 Å². The largest absolute Gasteiger partial charge is 0.129 e. The SMILES string of the molecule is C[Si](C)(C)C#Cc1c2ccccc2c(-c2ccccc2)c2ccccc12. The molecular formula is C25H22Si. The Balaban J connectivity index is 2.19. The lowest BCUT2D eigenvalue weighted by atomic mass is 9.89. The number of rotatable bonds is 1. The second-order valence-electron chi connectivity index (χ2n) is 7.71. The minimum absolute atomic E-state index is 1.17. The van der Waals surface area contributed by atoms with Crippen molar-refractivity contribution in [1.82, 2.24) is 0 Å². The smallest absolute Gasteiger partial charge is 0.127 e. The predicted molar refractivity (Wildman–Crippen MR) is 117 cm³/mol. The van der Waals surface area contributed by atoms with Gasteiger partial charge in [-0.1, -0.05) is 104 Å². The van der Waals surface area contributed by atoms with Gasteiger partial charge in [-0.2, -0.15) is 0 Å². The average Bonchev–Trinajstić information content (AvgIpc) is 2.65. The van der Waals surface area contributed by atoms with Gasteiger partial charge in [0.05, 0.1) is 0 Å². The summed E-state index contributed by atoms with van der Waals surface area (Å²) in [6.07, 6.45) is 0. The molecule has 0 fully saturated rings. The van der Waals surface area contributed by atoms with Crippen LogP contribution in [0.3, 0.4) is 0 Å². The third-order valence-corrected chi connectivity index (χ3v) is 5.43. The molecule has 0 radical (unpaired) electrons. The van der Waals surface area contributed by atoms with E-state index in [1.54, 1.807) is 0 Å². The Morgan fingerprint density at radius 2 is 1.04 bits per heavy atom. The molecule has 0 aromatic heterocycles. The normalized spacial score (nSPS) is 11.3. The highest BCUT2D eigenvalue weighted by molar-refractivity contribution is 6.83. The van der Waals surface area contributed by atoms with Crippen LogP contribution in [0, 0.1) is 11.5 Å². The van der Waals surface area contributed by atoms with Crippen molar-refractivity contribution in [1.29, 1.82) is 0 Å². The van der Waals surface area contributed by atoms with Crippen molar-refractivity contribution in [3.8, 4) is 22.6 Å². The average molecular weight is 351 g/mol. The Morgan fingerprint density at radius 1 is 0.577 bits per heavy atom. The number of hydrogen-bond acceptors (Lipinski definition) is 0. The molecule has 4 aromatic carbocycles. The number of hydrogen-bond donors (Lipinski definition) is 0. The summed E-state index contributed by atoms with van der Waals surface area (Å²) in [4.78, 5) is 0. The minimum atomic E-state index is -1.45. The van der Waals surface area contributed by atoms with Crippen molar-refractivity contribution >= 4 is 29.6 Å². The van der Waals surface area contributed by atoms with Crippen molar-refractivity contribution in [3.05, 3.63) is 84.4 Å². The van der Waals surface area contributed by atoms with Crippen LogP contribution in [0.1, 0.15) is 5.56 Å². The van der Waals surface area contributed by atoms with E-state index in [4.69, 9.17) is 0 Å². The van der Waals surface area contributed by atoms with Crippen molar-refractivity contribution in [3.63, 3.8) is 0 Å². The van der Waals surface area contributed by atoms with Crippen LogP contribution in [0.5, 0.6) is 0 Å². The summed E-state index contributed by atoms with van der Waals surface area (Å²) >= 11 is 0. The van der Waals surface area contributed by atoms with Gasteiger partial charge in [0.2, 0.25) is 0 Å². The van der Waals surface area contributed by atoms with Crippen molar-refractivity contribution in [2.24, 2.45) is 0 Å². The van der Waals surface area contributed by atoms with E-state index >= 15 is 0 Å². The van der Waals surface area contributed by atoms with Crippen molar-refractivity contribution in [2.75, 3.05) is 0 Å². The zero-order valence-corrected chi connectivity index (χ0v) is 16.5. The number of fused-ring (bicyclic) bond motifs is 2. The predicted octanol–water partition coefficient (Wildman–Crippen LogP) is 6.89. The fourth-order valence-corrected chi connectivity index (χ4v) is 3.93. The molecule has 0 aliphatic carbocycles. The maximum atomic E-state index is 3.57. The molecule has 0 saturated carbocycles. The monoisotopic (exact) mass is 350 g/mol. The van der Waals surface area contributed by atoms with E-state index in [2.05, 4.69) is 110 Å². The van der Waals surface area contributed by atoms with E-state index in [1.807, 2.05) is 0 Å². The molecule has 0 N–H and O–H groups in total. The van der Waals surface area contributed by atoms with E-state index in [1.165, 1.54) is 38.2 Å². The maximum Gasteiger partial charge on any atom is 0.129 e. The fraction of sp³-hybridized carbons (Fsp3) is 0.120. The molecule has 0 nitrogen and oxygen atoms in total. The van der Waals surface area contributed by atoms with Gasteiger partial charge in [0.25, 0.3) is 0 Å². The van der Waals surface area contributed by atoms with Crippen LogP contribution in [0.2, 0.25) is 19.6 Å². The Morgan fingerprint density at radius 3 is 1.54 bits per heavy atom.